The summed E-state index contributed by atoms with van der Waals surface area (Å²) in [7, 11) is 0. The Kier molecular flexibility index (Phi) is 5.01. The standard InChI is InChI=1S/C18H19ClN6O3/c19-10-2-1-3-11(8-10)21-17(27)12-9-13(26)22-16-14(12)15(20)23-18(24-16)25-4-6-28-7-5-25/h1-3,8,12H,4-7,9H2,(H,21,27)(H3,20,22,23,24,26)/t12-/m1/s1. The van der Waals surface area contributed by atoms with Crippen molar-refractivity contribution in [1.29, 1.82) is 0 Å². The van der Waals surface area contributed by atoms with E-state index in [2.05, 4.69) is 20.6 Å². The van der Waals surface area contributed by atoms with Gasteiger partial charge in [0.05, 0.1) is 24.7 Å². The zero-order valence-electron chi connectivity index (χ0n) is 14.9. The molecule has 0 aliphatic carbocycles. The number of rotatable bonds is 3. The summed E-state index contributed by atoms with van der Waals surface area (Å²) >= 11 is 5.97. The first-order valence-corrected chi connectivity index (χ1v) is 9.25. The molecule has 2 amide bonds. The van der Waals surface area contributed by atoms with Gasteiger partial charge in [0.25, 0.3) is 0 Å². The number of nitrogens with one attached hydrogen (secondary N) is 2. The second kappa shape index (κ2) is 7.61. The third-order valence-corrected chi connectivity index (χ3v) is 4.90. The number of nitrogens with zero attached hydrogens (tertiary/aromatic N) is 3. The van der Waals surface area contributed by atoms with Crippen molar-refractivity contribution in [3.8, 4) is 0 Å². The van der Waals surface area contributed by atoms with E-state index in [1.54, 1.807) is 24.3 Å². The van der Waals surface area contributed by atoms with Crippen molar-refractivity contribution in [1.82, 2.24) is 9.97 Å². The lowest BCUT2D eigenvalue weighted by molar-refractivity contribution is -0.123. The summed E-state index contributed by atoms with van der Waals surface area (Å²) in [6, 6.07) is 6.78. The molecule has 28 heavy (non-hydrogen) atoms. The Morgan fingerprint density at radius 3 is 2.86 bits per heavy atom. The van der Waals surface area contributed by atoms with Crippen LogP contribution in [0.3, 0.4) is 0 Å². The van der Waals surface area contributed by atoms with E-state index in [0.717, 1.165) is 0 Å². The van der Waals surface area contributed by atoms with E-state index in [9.17, 15) is 9.59 Å². The number of hydrogen-bond donors (Lipinski definition) is 3. The summed E-state index contributed by atoms with van der Waals surface area (Å²) in [5, 5.41) is 5.98. The molecule has 1 fully saturated rings. The fourth-order valence-electron chi connectivity index (χ4n) is 3.31. The van der Waals surface area contributed by atoms with E-state index in [-0.39, 0.29) is 29.9 Å². The molecule has 2 aliphatic heterocycles. The molecule has 0 spiro atoms. The Bertz CT molecular complexity index is 932. The highest BCUT2D eigenvalue weighted by atomic mass is 35.5. The van der Waals surface area contributed by atoms with Gasteiger partial charge in [0.1, 0.15) is 11.6 Å². The van der Waals surface area contributed by atoms with Crippen molar-refractivity contribution in [3.05, 3.63) is 34.9 Å². The molecule has 146 valence electrons. The number of halogens is 1. The summed E-state index contributed by atoms with van der Waals surface area (Å²) in [5.41, 5.74) is 7.14. The predicted octanol–water partition coefficient (Wildman–Crippen LogP) is 1.61. The number of hydrogen-bond acceptors (Lipinski definition) is 7. The van der Waals surface area contributed by atoms with Crippen molar-refractivity contribution >= 4 is 46.7 Å². The first-order valence-electron chi connectivity index (χ1n) is 8.87. The summed E-state index contributed by atoms with van der Waals surface area (Å²) in [6.07, 6.45) is -0.0378. The maximum atomic E-state index is 12.9. The number of fused-ring (bicyclic) bond motifs is 1. The molecule has 4 rings (SSSR count). The van der Waals surface area contributed by atoms with Crippen molar-refractivity contribution in [2.45, 2.75) is 12.3 Å². The lowest BCUT2D eigenvalue weighted by Gasteiger charge is -2.30. The number of morpholine rings is 1. The molecule has 4 N–H and O–H groups in total. The fraction of sp³-hybridized carbons (Fsp3) is 0.333. The Morgan fingerprint density at radius 2 is 2.11 bits per heavy atom. The molecular formula is C18H19ClN6O3. The Labute approximate surface area is 166 Å². The highest BCUT2D eigenvalue weighted by Gasteiger charge is 2.35. The predicted molar refractivity (Wildman–Crippen MR) is 106 cm³/mol. The summed E-state index contributed by atoms with van der Waals surface area (Å²) in [5.74, 6) is -0.594. The van der Waals surface area contributed by atoms with Gasteiger partial charge in [0.15, 0.2) is 0 Å². The van der Waals surface area contributed by atoms with Crippen LogP contribution < -0.4 is 21.3 Å². The van der Waals surface area contributed by atoms with E-state index in [1.807, 2.05) is 4.90 Å². The van der Waals surface area contributed by atoms with Crippen LogP contribution in [0.25, 0.3) is 0 Å². The topological polar surface area (TPSA) is 122 Å². The molecule has 0 saturated carbocycles. The van der Waals surface area contributed by atoms with Gasteiger partial charge in [-0.2, -0.15) is 9.97 Å². The number of carbonyl (C=O) groups excluding carboxylic acids is 2. The first-order chi connectivity index (χ1) is 13.5. The number of carbonyl (C=O) groups is 2. The molecule has 0 unspecified atom stereocenters. The molecule has 0 radical (unpaired) electrons. The number of benzene rings is 1. The second-order valence-electron chi connectivity index (χ2n) is 6.58. The molecule has 2 aromatic rings. The summed E-state index contributed by atoms with van der Waals surface area (Å²) in [6.45, 7) is 2.39. The average molecular weight is 403 g/mol. The van der Waals surface area contributed by atoms with Gasteiger partial charge in [-0.25, -0.2) is 0 Å². The largest absolute Gasteiger partial charge is 0.383 e. The number of amides is 2. The molecular weight excluding hydrogens is 384 g/mol. The normalized spacial score (nSPS) is 19.0. The van der Waals surface area contributed by atoms with Crippen LogP contribution in [0, 0.1) is 0 Å². The number of nitrogen functional groups attached to an aromatic ring is 1. The SMILES string of the molecule is Nc1nc(N2CCOCC2)nc2c1[C@H](C(=O)Nc1cccc(Cl)c1)CC(=O)N2. The minimum absolute atomic E-state index is 0.0378. The van der Waals surface area contributed by atoms with Gasteiger partial charge in [-0.05, 0) is 18.2 Å². The van der Waals surface area contributed by atoms with Gasteiger partial charge in [-0.1, -0.05) is 17.7 Å². The second-order valence-corrected chi connectivity index (χ2v) is 7.01. The highest BCUT2D eigenvalue weighted by molar-refractivity contribution is 6.30. The molecule has 1 saturated heterocycles. The summed E-state index contributed by atoms with van der Waals surface area (Å²) in [4.78, 5) is 35.8. The Balaban J connectivity index is 1.64. The summed E-state index contributed by atoms with van der Waals surface area (Å²) < 4.78 is 5.33. The van der Waals surface area contributed by atoms with Crippen LogP contribution >= 0.6 is 11.6 Å². The number of ether oxygens (including phenoxy) is 1. The molecule has 2 aliphatic rings. The molecule has 1 atom stereocenters. The van der Waals surface area contributed by atoms with Crippen LogP contribution in [0.5, 0.6) is 0 Å². The van der Waals surface area contributed by atoms with E-state index < -0.39 is 5.92 Å². The third-order valence-electron chi connectivity index (χ3n) is 4.66. The van der Waals surface area contributed by atoms with Gasteiger partial charge in [-0.3, -0.25) is 9.59 Å². The van der Waals surface area contributed by atoms with E-state index in [0.29, 0.717) is 48.5 Å². The van der Waals surface area contributed by atoms with Gasteiger partial charge in [-0.15, -0.1) is 0 Å². The van der Waals surface area contributed by atoms with Crippen molar-refractivity contribution in [2.24, 2.45) is 0 Å². The van der Waals surface area contributed by atoms with Crippen molar-refractivity contribution in [3.63, 3.8) is 0 Å². The third kappa shape index (κ3) is 3.71. The van der Waals surface area contributed by atoms with Crippen LogP contribution in [0.1, 0.15) is 17.9 Å². The van der Waals surface area contributed by atoms with Crippen LogP contribution in [-0.2, 0) is 14.3 Å². The lowest BCUT2D eigenvalue weighted by Crippen LogP contribution is -2.38. The van der Waals surface area contributed by atoms with E-state index >= 15 is 0 Å². The van der Waals surface area contributed by atoms with Crippen LogP contribution in [-0.4, -0.2) is 48.1 Å². The number of anilines is 4. The van der Waals surface area contributed by atoms with Gasteiger partial charge < -0.3 is 26.0 Å². The molecule has 0 bridgehead atoms. The van der Waals surface area contributed by atoms with Gasteiger partial charge >= 0.3 is 0 Å². The molecule has 3 heterocycles. The van der Waals surface area contributed by atoms with E-state index in [4.69, 9.17) is 22.1 Å². The maximum absolute atomic E-state index is 12.9. The monoisotopic (exact) mass is 402 g/mol. The zero-order chi connectivity index (χ0) is 19.7. The van der Waals surface area contributed by atoms with Gasteiger partial charge in [0.2, 0.25) is 17.8 Å². The van der Waals surface area contributed by atoms with Crippen molar-refractivity contribution in [2.75, 3.05) is 47.6 Å². The molecule has 9 nitrogen and oxygen atoms in total. The van der Waals surface area contributed by atoms with E-state index in [1.165, 1.54) is 0 Å². The lowest BCUT2D eigenvalue weighted by atomic mass is 9.92. The average Bonchev–Trinajstić information content (AvgIpc) is 2.67. The minimum atomic E-state index is -0.790. The Morgan fingerprint density at radius 1 is 1.32 bits per heavy atom. The number of nitrogens with two attached hydrogens (primary N) is 1. The van der Waals surface area contributed by atoms with Crippen LogP contribution in [0.4, 0.5) is 23.3 Å². The molecule has 10 heteroatoms. The van der Waals surface area contributed by atoms with Gasteiger partial charge in [0, 0.05) is 30.2 Å². The smallest absolute Gasteiger partial charge is 0.232 e. The van der Waals surface area contributed by atoms with Crippen LogP contribution in [0.2, 0.25) is 5.02 Å². The quantitative estimate of drug-likeness (QED) is 0.712. The first kappa shape index (κ1) is 18.5. The maximum Gasteiger partial charge on any atom is 0.232 e. The van der Waals surface area contributed by atoms with Crippen LogP contribution in [0.15, 0.2) is 24.3 Å². The minimum Gasteiger partial charge on any atom is -0.383 e. The molecule has 1 aromatic carbocycles. The molecule has 1 aromatic heterocycles. The number of aromatic nitrogens is 2. The zero-order valence-corrected chi connectivity index (χ0v) is 15.7. The Hall–Kier alpha value is -2.91. The highest BCUT2D eigenvalue weighted by Crippen LogP contribution is 2.36. The van der Waals surface area contributed by atoms with Crippen molar-refractivity contribution < 1.29 is 14.3 Å². The fourth-order valence-corrected chi connectivity index (χ4v) is 3.50.